The number of carbonyl (C=O) groups is 1. The summed E-state index contributed by atoms with van der Waals surface area (Å²) >= 11 is 0. The number of anilines is 1. The van der Waals surface area contributed by atoms with Crippen LogP contribution < -0.4 is 5.32 Å². The van der Waals surface area contributed by atoms with Crippen LogP contribution in [0.4, 0.5) is 5.82 Å². The van der Waals surface area contributed by atoms with E-state index in [0.717, 1.165) is 0 Å². The Morgan fingerprint density at radius 2 is 2.42 bits per heavy atom. The van der Waals surface area contributed by atoms with Crippen LogP contribution in [0.5, 0.6) is 0 Å². The molecule has 0 fully saturated rings. The van der Waals surface area contributed by atoms with Crippen LogP contribution in [0, 0.1) is 0 Å². The van der Waals surface area contributed by atoms with E-state index in [-0.39, 0.29) is 0 Å². The molecule has 4 nitrogen and oxygen atoms in total. The summed E-state index contributed by atoms with van der Waals surface area (Å²) in [5.74, 6) is 0.0312. The van der Waals surface area contributed by atoms with Crippen molar-refractivity contribution >= 4 is 11.7 Å². The van der Waals surface area contributed by atoms with E-state index in [0.29, 0.717) is 11.4 Å². The molecule has 1 atom stereocenters. The Hall–Kier alpha value is -1.42. The first-order valence-electron chi connectivity index (χ1n) is 3.61. The Kier molecular flexibility index (Phi) is 1.23. The van der Waals surface area contributed by atoms with E-state index in [9.17, 15) is 9.90 Å². The van der Waals surface area contributed by atoms with E-state index in [2.05, 4.69) is 10.3 Å². The summed E-state index contributed by atoms with van der Waals surface area (Å²) in [4.78, 5) is 15.1. The van der Waals surface area contributed by atoms with Crippen LogP contribution in [0.2, 0.25) is 0 Å². The van der Waals surface area contributed by atoms with Gasteiger partial charge >= 0.3 is 0 Å². The molecule has 1 aliphatic heterocycles. The second-order valence-electron chi connectivity index (χ2n) is 2.93. The van der Waals surface area contributed by atoms with Crippen molar-refractivity contribution in [3.05, 3.63) is 23.9 Å². The molecule has 1 amide bonds. The van der Waals surface area contributed by atoms with Crippen molar-refractivity contribution in [3.63, 3.8) is 0 Å². The third-order valence-electron chi connectivity index (χ3n) is 2.01. The average Bonchev–Trinajstić information content (AvgIpc) is 2.25. The summed E-state index contributed by atoms with van der Waals surface area (Å²) in [6, 6.07) is 3.37. The maximum atomic E-state index is 11.2. The Bertz CT molecular complexity index is 347. The lowest BCUT2D eigenvalue weighted by Crippen LogP contribution is -2.30. The van der Waals surface area contributed by atoms with Crippen molar-refractivity contribution < 1.29 is 9.90 Å². The highest BCUT2D eigenvalue weighted by molar-refractivity contribution is 6.03. The SMILES string of the molecule is CC1(O)C(=O)Nc2ncccc21. The lowest BCUT2D eigenvalue weighted by Gasteiger charge is -2.12. The van der Waals surface area contributed by atoms with Crippen LogP contribution in [0.15, 0.2) is 18.3 Å². The molecule has 4 heteroatoms. The quantitative estimate of drug-likeness (QED) is 0.577. The van der Waals surface area contributed by atoms with E-state index in [4.69, 9.17) is 0 Å². The zero-order valence-electron chi connectivity index (χ0n) is 6.53. The topological polar surface area (TPSA) is 62.2 Å². The zero-order valence-corrected chi connectivity index (χ0v) is 6.53. The van der Waals surface area contributed by atoms with Crippen molar-refractivity contribution in [1.82, 2.24) is 4.98 Å². The van der Waals surface area contributed by atoms with Gasteiger partial charge in [0.2, 0.25) is 0 Å². The number of nitrogens with one attached hydrogen (secondary N) is 1. The highest BCUT2D eigenvalue weighted by Crippen LogP contribution is 2.32. The predicted octanol–water partition coefficient (Wildman–Crippen LogP) is 0.241. The fraction of sp³-hybridized carbons (Fsp3) is 0.250. The first-order chi connectivity index (χ1) is 5.62. The van der Waals surface area contributed by atoms with E-state index in [1.54, 1.807) is 18.3 Å². The number of carbonyl (C=O) groups excluding carboxylic acids is 1. The van der Waals surface area contributed by atoms with Gasteiger partial charge in [-0.3, -0.25) is 4.79 Å². The number of hydrogen-bond donors (Lipinski definition) is 2. The summed E-state index contributed by atoms with van der Waals surface area (Å²) in [5.41, 5.74) is -0.890. The summed E-state index contributed by atoms with van der Waals surface area (Å²) in [6.07, 6.45) is 1.57. The van der Waals surface area contributed by atoms with Crippen molar-refractivity contribution in [3.8, 4) is 0 Å². The number of hydrogen-bond acceptors (Lipinski definition) is 3. The maximum absolute atomic E-state index is 11.2. The third kappa shape index (κ3) is 0.753. The van der Waals surface area contributed by atoms with Gasteiger partial charge < -0.3 is 10.4 Å². The van der Waals surface area contributed by atoms with Crippen molar-refractivity contribution in [2.45, 2.75) is 12.5 Å². The largest absolute Gasteiger partial charge is 0.375 e. The minimum Gasteiger partial charge on any atom is -0.375 e. The summed E-state index contributed by atoms with van der Waals surface area (Å²) in [7, 11) is 0. The molecule has 1 aromatic heterocycles. The number of aromatic nitrogens is 1. The number of pyridine rings is 1. The van der Waals surface area contributed by atoms with Gasteiger partial charge in [-0.15, -0.1) is 0 Å². The van der Waals surface area contributed by atoms with E-state index in [1.807, 2.05) is 0 Å². The van der Waals surface area contributed by atoms with Gasteiger partial charge in [0, 0.05) is 11.8 Å². The molecule has 1 aliphatic rings. The summed E-state index contributed by atoms with van der Waals surface area (Å²) < 4.78 is 0. The standard InChI is InChI=1S/C8H8N2O2/c1-8(12)5-3-2-4-9-6(5)10-7(8)11/h2-4,12H,1H3,(H,9,10,11). The Labute approximate surface area is 69.2 Å². The van der Waals surface area contributed by atoms with Crippen LogP contribution in [-0.2, 0) is 10.4 Å². The molecule has 0 saturated heterocycles. The van der Waals surface area contributed by atoms with Crippen LogP contribution in [-0.4, -0.2) is 16.0 Å². The van der Waals surface area contributed by atoms with Crippen LogP contribution in [0.3, 0.4) is 0 Å². The van der Waals surface area contributed by atoms with Crippen molar-refractivity contribution in [1.29, 1.82) is 0 Å². The molecule has 0 radical (unpaired) electrons. The second kappa shape index (κ2) is 2.04. The highest BCUT2D eigenvalue weighted by atomic mass is 16.3. The van der Waals surface area contributed by atoms with E-state index < -0.39 is 11.5 Å². The molecule has 62 valence electrons. The normalized spacial score (nSPS) is 26.7. The van der Waals surface area contributed by atoms with Gasteiger partial charge in [-0.2, -0.15) is 0 Å². The molecule has 2 heterocycles. The molecule has 0 aromatic carbocycles. The van der Waals surface area contributed by atoms with Gasteiger partial charge in [-0.05, 0) is 13.0 Å². The van der Waals surface area contributed by atoms with Gasteiger partial charge in [0.1, 0.15) is 5.82 Å². The van der Waals surface area contributed by atoms with Crippen LogP contribution in [0.25, 0.3) is 0 Å². The zero-order chi connectivity index (χ0) is 8.77. The maximum Gasteiger partial charge on any atom is 0.261 e. The first-order valence-corrected chi connectivity index (χ1v) is 3.61. The molecule has 0 aliphatic carbocycles. The molecular weight excluding hydrogens is 156 g/mol. The molecule has 2 N–H and O–H groups in total. The number of rotatable bonds is 0. The number of nitrogens with zero attached hydrogens (tertiary/aromatic N) is 1. The number of amides is 1. The smallest absolute Gasteiger partial charge is 0.261 e. The lowest BCUT2D eigenvalue weighted by atomic mass is 10.0. The fourth-order valence-corrected chi connectivity index (χ4v) is 1.25. The fourth-order valence-electron chi connectivity index (χ4n) is 1.25. The summed E-state index contributed by atoms with van der Waals surface area (Å²) in [6.45, 7) is 1.45. The minimum atomic E-state index is -1.43. The van der Waals surface area contributed by atoms with Crippen LogP contribution >= 0.6 is 0 Å². The van der Waals surface area contributed by atoms with Gasteiger partial charge in [0.25, 0.3) is 5.91 Å². The van der Waals surface area contributed by atoms with Gasteiger partial charge in [-0.25, -0.2) is 4.98 Å². The molecule has 2 rings (SSSR count). The first kappa shape index (κ1) is 7.24. The molecule has 12 heavy (non-hydrogen) atoms. The summed E-state index contributed by atoms with van der Waals surface area (Å²) in [5, 5.41) is 12.2. The molecule has 1 unspecified atom stereocenters. The molecule has 0 saturated carbocycles. The molecule has 0 bridgehead atoms. The number of aliphatic hydroxyl groups is 1. The average molecular weight is 164 g/mol. The van der Waals surface area contributed by atoms with Crippen molar-refractivity contribution in [2.24, 2.45) is 0 Å². The Morgan fingerprint density at radius 1 is 1.67 bits per heavy atom. The minimum absolute atomic E-state index is 0.420. The molecule has 1 aromatic rings. The van der Waals surface area contributed by atoms with Gasteiger partial charge in [0.15, 0.2) is 5.60 Å². The molecule has 0 spiro atoms. The third-order valence-corrected chi connectivity index (χ3v) is 2.01. The van der Waals surface area contributed by atoms with E-state index in [1.165, 1.54) is 6.92 Å². The van der Waals surface area contributed by atoms with Crippen LogP contribution in [0.1, 0.15) is 12.5 Å². The van der Waals surface area contributed by atoms with Crippen molar-refractivity contribution in [2.75, 3.05) is 5.32 Å². The second-order valence-corrected chi connectivity index (χ2v) is 2.93. The predicted molar refractivity (Wildman–Crippen MR) is 42.4 cm³/mol. The number of fused-ring (bicyclic) bond motifs is 1. The Balaban J connectivity index is 2.63. The molecular formula is C8H8N2O2. The Morgan fingerprint density at radius 3 is 3.08 bits per heavy atom. The lowest BCUT2D eigenvalue weighted by molar-refractivity contribution is -0.131. The van der Waals surface area contributed by atoms with Gasteiger partial charge in [0.05, 0.1) is 0 Å². The van der Waals surface area contributed by atoms with E-state index >= 15 is 0 Å². The highest BCUT2D eigenvalue weighted by Gasteiger charge is 2.41. The van der Waals surface area contributed by atoms with Gasteiger partial charge in [-0.1, -0.05) is 6.07 Å². The monoisotopic (exact) mass is 164 g/mol.